The summed E-state index contributed by atoms with van der Waals surface area (Å²) in [6.45, 7) is 8.80. The van der Waals surface area contributed by atoms with Gasteiger partial charge in [-0.2, -0.15) is 0 Å². The van der Waals surface area contributed by atoms with Gasteiger partial charge in [0.25, 0.3) is 0 Å². The minimum atomic E-state index is -0.158. The first kappa shape index (κ1) is 19.9. The fourth-order valence-electron chi connectivity index (χ4n) is 3.34. The molecule has 0 spiro atoms. The molecule has 140 valence electrons. The van der Waals surface area contributed by atoms with Gasteiger partial charge in [-0.15, -0.1) is 20.7 Å². The molecule has 27 heavy (non-hydrogen) atoms. The Morgan fingerprint density at radius 2 is 1.70 bits per heavy atom. The maximum absolute atomic E-state index is 8.85. The van der Waals surface area contributed by atoms with Crippen LogP contribution in [0, 0.1) is 19.3 Å². The van der Waals surface area contributed by atoms with E-state index in [1.54, 1.807) is 0 Å². The van der Waals surface area contributed by atoms with E-state index in [0.717, 1.165) is 16.6 Å². The van der Waals surface area contributed by atoms with E-state index in [-0.39, 0.29) is 26.6 Å². The third-order valence-corrected chi connectivity index (χ3v) is 8.87. The molecule has 1 nitrogen and oxygen atoms in total. The van der Waals surface area contributed by atoms with Crippen LogP contribution in [0.4, 0.5) is 0 Å². The normalized spacial score (nSPS) is 13.3. The van der Waals surface area contributed by atoms with Crippen LogP contribution in [0.2, 0.25) is 0 Å². The molecule has 0 bridgehead atoms. The van der Waals surface area contributed by atoms with E-state index >= 15 is 0 Å². The second kappa shape index (κ2) is 8.92. The summed E-state index contributed by atoms with van der Waals surface area (Å²) in [5.41, 5.74) is 6.34. The lowest BCUT2D eigenvalue weighted by atomic mass is 9.92. The summed E-state index contributed by atoms with van der Waals surface area (Å²) in [7, 11) is 0. The second-order valence-corrected chi connectivity index (χ2v) is 9.95. The van der Waals surface area contributed by atoms with E-state index in [1.807, 2.05) is 0 Å². The Kier molecular flexibility index (Phi) is 6.59. The number of halogens is 1. The van der Waals surface area contributed by atoms with E-state index < -0.39 is 0 Å². The zero-order valence-electron chi connectivity index (χ0n) is 16.6. The van der Waals surface area contributed by atoms with Crippen molar-refractivity contribution in [1.82, 2.24) is 0 Å². The molecule has 0 radical (unpaired) electrons. The maximum Gasteiger partial charge on any atom is 0.0471 e. The van der Waals surface area contributed by atoms with Crippen molar-refractivity contribution < 1.29 is 0 Å². The molecular formula is C25H28IN. The summed E-state index contributed by atoms with van der Waals surface area (Å²) in [5, 5.41) is 11.4. The monoisotopic (exact) mass is 469 g/mol. The van der Waals surface area contributed by atoms with Crippen molar-refractivity contribution in [1.29, 1.82) is 5.41 Å². The molecular weight excluding hydrogens is 441 g/mol. The van der Waals surface area contributed by atoms with Gasteiger partial charge in [0, 0.05) is 19.6 Å². The van der Waals surface area contributed by atoms with Gasteiger partial charge in [0.15, 0.2) is 0 Å². The zero-order chi connectivity index (χ0) is 19.4. The topological polar surface area (TPSA) is 23.9 Å². The minimum Gasteiger partial charge on any atom is -0.304 e. The number of hydrogen-bond acceptors (Lipinski definition) is 1. The summed E-state index contributed by atoms with van der Waals surface area (Å²) in [6, 6.07) is 21.7. The lowest BCUT2D eigenvalue weighted by molar-refractivity contribution is 1.02. The fourth-order valence-corrected chi connectivity index (χ4v) is 6.46. The molecule has 0 saturated heterocycles. The highest BCUT2D eigenvalue weighted by atomic mass is 127. The van der Waals surface area contributed by atoms with Crippen LogP contribution >= 0.6 is 20.7 Å². The van der Waals surface area contributed by atoms with Crippen LogP contribution in [-0.2, 0) is 4.43 Å². The Morgan fingerprint density at radius 3 is 2.44 bits per heavy atom. The largest absolute Gasteiger partial charge is 0.304 e. The summed E-state index contributed by atoms with van der Waals surface area (Å²) in [6.07, 6.45) is 0.995. The number of hydrogen-bond donors (Lipinski definition) is 1. The van der Waals surface area contributed by atoms with Gasteiger partial charge in [-0.25, -0.2) is 0 Å². The van der Waals surface area contributed by atoms with Gasteiger partial charge < -0.3 is 5.41 Å². The Balaban J connectivity index is 1.83. The van der Waals surface area contributed by atoms with Gasteiger partial charge in [-0.05, 0) is 53.3 Å². The predicted molar refractivity (Wildman–Crippen MR) is 129 cm³/mol. The van der Waals surface area contributed by atoms with Crippen molar-refractivity contribution in [2.24, 2.45) is 0 Å². The second-order valence-electron chi connectivity index (χ2n) is 7.13. The fraction of sp³-hybridized carbons (Fsp3) is 0.280. The van der Waals surface area contributed by atoms with Crippen LogP contribution in [0.15, 0.2) is 60.7 Å². The van der Waals surface area contributed by atoms with Crippen LogP contribution in [0.25, 0.3) is 10.8 Å². The Labute approximate surface area is 173 Å². The summed E-state index contributed by atoms with van der Waals surface area (Å²) >= 11 is -0.158. The highest BCUT2D eigenvalue weighted by Crippen LogP contribution is 2.26. The third-order valence-electron chi connectivity index (χ3n) is 5.40. The van der Waals surface area contributed by atoms with Gasteiger partial charge >= 0.3 is 0 Å². The summed E-state index contributed by atoms with van der Waals surface area (Å²) in [5.74, 6) is 0.155. The van der Waals surface area contributed by atoms with E-state index in [0.29, 0.717) is 0 Å². The third kappa shape index (κ3) is 4.55. The first-order valence-corrected chi connectivity index (χ1v) is 12.2. The van der Waals surface area contributed by atoms with E-state index in [2.05, 4.69) is 88.4 Å². The lowest BCUT2D eigenvalue weighted by Crippen LogP contribution is -2.17. The number of rotatable bonds is 6. The summed E-state index contributed by atoms with van der Waals surface area (Å²) < 4.78 is 2.51. The molecule has 0 amide bonds. The standard InChI is InChI=1S/C25H28IN/c1-5-24(26-16-23-12-8-9-17(2)18(23)3)25(27)19(4)21-14-13-20-10-6-7-11-22(20)15-21/h6-15,19,27H,5,16H2,1-4H3/t19-/m1/s1. The minimum absolute atomic E-state index is 0.155. The lowest BCUT2D eigenvalue weighted by Gasteiger charge is -2.16. The first-order chi connectivity index (χ1) is 13.0. The Bertz CT molecular complexity index is 1000. The van der Waals surface area contributed by atoms with Crippen molar-refractivity contribution in [2.75, 3.05) is 0 Å². The van der Waals surface area contributed by atoms with Crippen LogP contribution in [-0.4, -0.2) is 9.22 Å². The highest BCUT2D eigenvalue weighted by molar-refractivity contribution is 14.2. The molecule has 3 rings (SSSR count). The molecule has 0 saturated carbocycles. The van der Waals surface area contributed by atoms with Crippen LogP contribution in [0.1, 0.15) is 48.4 Å². The SMILES string of the molecule is CCC(=ICc1cccc(C)c1C)C(=N)[C@H](C)c1ccc2ccccc2c1. The van der Waals surface area contributed by atoms with Crippen molar-refractivity contribution >= 4 is 40.7 Å². The molecule has 2 heteroatoms. The molecule has 0 aliphatic rings. The average Bonchev–Trinajstić information content (AvgIpc) is 2.70. The van der Waals surface area contributed by atoms with Crippen LogP contribution in [0.3, 0.4) is 0 Å². The van der Waals surface area contributed by atoms with E-state index in [4.69, 9.17) is 5.41 Å². The van der Waals surface area contributed by atoms with E-state index in [1.165, 1.54) is 36.5 Å². The smallest absolute Gasteiger partial charge is 0.0471 e. The number of alkyl halides is 1. The maximum atomic E-state index is 8.85. The molecule has 0 aliphatic heterocycles. The molecule has 0 fully saturated rings. The summed E-state index contributed by atoms with van der Waals surface area (Å²) in [4.78, 5) is 0. The van der Waals surface area contributed by atoms with Crippen molar-refractivity contribution in [3.8, 4) is 0 Å². The molecule has 0 unspecified atom stereocenters. The number of benzene rings is 3. The molecule has 1 atom stereocenters. The molecule has 1 N–H and O–H groups in total. The van der Waals surface area contributed by atoms with Crippen LogP contribution in [0.5, 0.6) is 0 Å². The number of nitrogens with one attached hydrogen (secondary N) is 1. The van der Waals surface area contributed by atoms with E-state index in [9.17, 15) is 0 Å². The average molecular weight is 469 g/mol. The number of aryl methyl sites for hydroxylation is 1. The Hall–Kier alpha value is -1.81. The van der Waals surface area contributed by atoms with Gasteiger partial charge in [-0.1, -0.05) is 74.5 Å². The van der Waals surface area contributed by atoms with Crippen molar-refractivity contribution in [2.45, 2.75) is 44.5 Å². The van der Waals surface area contributed by atoms with Crippen LogP contribution < -0.4 is 0 Å². The molecule has 3 aromatic carbocycles. The van der Waals surface area contributed by atoms with Gasteiger partial charge in [-0.3, -0.25) is 0 Å². The van der Waals surface area contributed by atoms with Crippen molar-refractivity contribution in [3.63, 3.8) is 0 Å². The molecule has 0 aromatic heterocycles. The predicted octanol–water partition coefficient (Wildman–Crippen LogP) is 7.33. The Morgan fingerprint density at radius 1 is 0.963 bits per heavy atom. The van der Waals surface area contributed by atoms with Gasteiger partial charge in [0.2, 0.25) is 0 Å². The highest BCUT2D eigenvalue weighted by Gasteiger charge is 2.15. The van der Waals surface area contributed by atoms with Gasteiger partial charge in [0.1, 0.15) is 0 Å². The van der Waals surface area contributed by atoms with Crippen molar-refractivity contribution in [3.05, 3.63) is 82.9 Å². The molecule has 0 heterocycles. The van der Waals surface area contributed by atoms with Gasteiger partial charge in [0.05, 0.1) is 0 Å². The number of fused-ring (bicyclic) bond motifs is 1. The quantitative estimate of drug-likeness (QED) is 0.222. The zero-order valence-corrected chi connectivity index (χ0v) is 18.8. The first-order valence-electron chi connectivity index (χ1n) is 9.58. The molecule has 3 aromatic rings. The molecule has 0 aliphatic carbocycles.